The topological polar surface area (TPSA) is 36.0 Å². The van der Waals surface area contributed by atoms with Crippen LogP contribution in [0.25, 0.3) is 10.9 Å². The molecule has 1 aromatic heterocycles. The minimum atomic E-state index is 0.342. The fraction of sp³-hybridized carbons (Fsp3) is 0.111. The predicted molar refractivity (Wildman–Crippen MR) is 84.5 cm³/mol. The predicted octanol–water partition coefficient (Wildman–Crippen LogP) is 4.11. The van der Waals surface area contributed by atoms with E-state index in [2.05, 4.69) is 10.9 Å². The molecule has 0 saturated carbocycles. The molecule has 100 valence electrons. The number of benzene rings is 1. The van der Waals surface area contributed by atoms with Gasteiger partial charge in [-0.1, -0.05) is 30.2 Å². The summed E-state index contributed by atoms with van der Waals surface area (Å²) in [5, 5.41) is 11.0. The molecule has 0 aliphatic carbocycles. The second-order valence-electron chi connectivity index (χ2n) is 4.41. The Morgan fingerprint density at radius 1 is 1.35 bits per heavy atom. The molecule has 1 heterocycles. The molecule has 0 bridgehead atoms. The molecule has 0 unspecified atom stereocenters. The molecule has 2 N–H and O–H groups in total. The maximum Gasteiger partial charge on any atom is 0.128 e. The Kier molecular flexibility index (Phi) is 4.47. The van der Waals surface area contributed by atoms with Crippen molar-refractivity contribution >= 4 is 10.9 Å². The largest absolute Gasteiger partial charge is 0.507 e. The minimum Gasteiger partial charge on any atom is -0.507 e. The molecule has 0 spiro atoms. The van der Waals surface area contributed by atoms with E-state index in [-0.39, 0.29) is 0 Å². The number of hydrogen-bond acceptors (Lipinski definition) is 1. The monoisotopic (exact) mass is 263 g/mol. The van der Waals surface area contributed by atoms with Crippen LogP contribution in [-0.4, -0.2) is 10.1 Å². The molecule has 0 aliphatic rings. The van der Waals surface area contributed by atoms with E-state index in [9.17, 15) is 5.11 Å². The van der Waals surface area contributed by atoms with Gasteiger partial charge in [0, 0.05) is 17.1 Å². The number of nitrogens with one attached hydrogen (secondary N) is 1. The van der Waals surface area contributed by atoms with Gasteiger partial charge in [-0.25, -0.2) is 0 Å². The van der Waals surface area contributed by atoms with Gasteiger partial charge in [0.25, 0.3) is 0 Å². The highest BCUT2D eigenvalue weighted by molar-refractivity contribution is 5.86. The number of allylic oxidation sites excluding steroid dienone is 6. The smallest absolute Gasteiger partial charge is 0.128 e. The number of hydrogen-bond donors (Lipinski definition) is 2. The number of aromatic amines is 1. The van der Waals surface area contributed by atoms with Crippen LogP contribution in [0.2, 0.25) is 0 Å². The standard InChI is InChI=1S/C18H17NO/c1-3-5-7-14(4-2)8-6-9-15-10-11-17-16(18(15)20)12-13-19-17/h1,4-8,10-13,19-20H,9H2,2H3/b7-5-,8-6+,14-4+. The van der Waals surface area contributed by atoms with E-state index in [1.807, 2.05) is 55.6 Å². The van der Waals surface area contributed by atoms with Gasteiger partial charge in [-0.15, -0.1) is 6.42 Å². The van der Waals surface area contributed by atoms with Crippen molar-refractivity contribution in [1.82, 2.24) is 4.98 Å². The van der Waals surface area contributed by atoms with E-state index in [0.29, 0.717) is 12.2 Å². The molecule has 0 aliphatic heterocycles. The Morgan fingerprint density at radius 2 is 2.20 bits per heavy atom. The maximum absolute atomic E-state index is 10.2. The number of phenolic OH excluding ortho intramolecular Hbond substituents is 1. The van der Waals surface area contributed by atoms with Gasteiger partial charge in [0.05, 0.1) is 0 Å². The van der Waals surface area contributed by atoms with Crippen molar-refractivity contribution in [1.29, 1.82) is 0 Å². The van der Waals surface area contributed by atoms with Crippen molar-refractivity contribution in [2.24, 2.45) is 0 Å². The zero-order chi connectivity index (χ0) is 14.4. The molecule has 0 amide bonds. The van der Waals surface area contributed by atoms with Crippen LogP contribution < -0.4 is 0 Å². The van der Waals surface area contributed by atoms with E-state index in [0.717, 1.165) is 22.0 Å². The summed E-state index contributed by atoms with van der Waals surface area (Å²) in [6.45, 7) is 1.96. The molecular weight excluding hydrogens is 246 g/mol. The molecule has 2 nitrogen and oxygen atoms in total. The fourth-order valence-corrected chi connectivity index (χ4v) is 2.04. The van der Waals surface area contributed by atoms with E-state index < -0.39 is 0 Å². The van der Waals surface area contributed by atoms with Crippen molar-refractivity contribution in [3.8, 4) is 18.1 Å². The van der Waals surface area contributed by atoms with Crippen molar-refractivity contribution in [2.75, 3.05) is 0 Å². The molecule has 0 radical (unpaired) electrons. The Labute approximate surface area is 119 Å². The van der Waals surface area contributed by atoms with Crippen LogP contribution in [0.1, 0.15) is 12.5 Å². The summed E-state index contributed by atoms with van der Waals surface area (Å²) in [6.07, 6.45) is 17.2. The van der Waals surface area contributed by atoms with Gasteiger partial charge in [-0.3, -0.25) is 0 Å². The minimum absolute atomic E-state index is 0.342. The second kappa shape index (κ2) is 6.49. The second-order valence-corrected chi connectivity index (χ2v) is 4.41. The number of terminal acetylenes is 1. The molecule has 2 heteroatoms. The highest BCUT2D eigenvalue weighted by Gasteiger charge is 2.05. The molecule has 2 aromatic rings. The Morgan fingerprint density at radius 3 is 2.95 bits per heavy atom. The SMILES string of the molecule is C#C\C=C/C(=C\C)/C=C/Cc1ccc2[nH]ccc2c1O. The van der Waals surface area contributed by atoms with E-state index in [1.54, 1.807) is 6.08 Å². The van der Waals surface area contributed by atoms with Crippen LogP contribution in [0.3, 0.4) is 0 Å². The average Bonchev–Trinajstić information content (AvgIpc) is 2.94. The normalized spacial score (nSPS) is 12.5. The summed E-state index contributed by atoms with van der Waals surface area (Å²) < 4.78 is 0. The summed E-state index contributed by atoms with van der Waals surface area (Å²) in [7, 11) is 0. The Bertz CT molecular complexity index is 723. The number of aromatic nitrogens is 1. The highest BCUT2D eigenvalue weighted by Crippen LogP contribution is 2.28. The molecule has 1 aromatic carbocycles. The molecule has 0 saturated heterocycles. The van der Waals surface area contributed by atoms with Gasteiger partial charge in [0.2, 0.25) is 0 Å². The number of rotatable bonds is 4. The lowest BCUT2D eigenvalue weighted by Crippen LogP contribution is -1.83. The van der Waals surface area contributed by atoms with Crippen molar-refractivity contribution < 1.29 is 5.11 Å². The van der Waals surface area contributed by atoms with Crippen LogP contribution in [-0.2, 0) is 6.42 Å². The van der Waals surface area contributed by atoms with Gasteiger partial charge >= 0.3 is 0 Å². The molecule has 0 atom stereocenters. The first-order valence-electron chi connectivity index (χ1n) is 6.49. The Hall–Kier alpha value is -2.66. The van der Waals surface area contributed by atoms with E-state index >= 15 is 0 Å². The van der Waals surface area contributed by atoms with Crippen molar-refractivity contribution in [2.45, 2.75) is 13.3 Å². The quantitative estimate of drug-likeness (QED) is 0.632. The summed E-state index contributed by atoms with van der Waals surface area (Å²) in [6, 6.07) is 5.79. The molecule has 20 heavy (non-hydrogen) atoms. The van der Waals surface area contributed by atoms with Gasteiger partial charge in [-0.05, 0) is 48.8 Å². The van der Waals surface area contributed by atoms with Gasteiger partial charge in [-0.2, -0.15) is 0 Å². The van der Waals surface area contributed by atoms with E-state index in [1.165, 1.54) is 0 Å². The van der Waals surface area contributed by atoms with Gasteiger partial charge in [0.15, 0.2) is 0 Å². The third-order valence-corrected chi connectivity index (χ3v) is 3.14. The molecular formula is C18H17NO. The number of aromatic hydroxyl groups is 1. The van der Waals surface area contributed by atoms with Crippen LogP contribution >= 0.6 is 0 Å². The van der Waals surface area contributed by atoms with Crippen LogP contribution in [0.15, 0.2) is 60.3 Å². The zero-order valence-corrected chi connectivity index (χ0v) is 11.4. The number of fused-ring (bicyclic) bond motifs is 1. The third-order valence-electron chi connectivity index (χ3n) is 3.14. The lowest BCUT2D eigenvalue weighted by Gasteiger charge is -2.03. The van der Waals surface area contributed by atoms with Crippen molar-refractivity contribution in [3.63, 3.8) is 0 Å². The van der Waals surface area contributed by atoms with Crippen LogP contribution in [0.5, 0.6) is 5.75 Å². The number of phenols is 1. The lowest BCUT2D eigenvalue weighted by molar-refractivity contribution is 0.476. The summed E-state index contributed by atoms with van der Waals surface area (Å²) in [5.41, 5.74) is 2.90. The van der Waals surface area contributed by atoms with E-state index in [4.69, 9.17) is 6.42 Å². The van der Waals surface area contributed by atoms with Crippen LogP contribution in [0.4, 0.5) is 0 Å². The summed E-state index contributed by atoms with van der Waals surface area (Å²) >= 11 is 0. The highest BCUT2D eigenvalue weighted by atomic mass is 16.3. The van der Waals surface area contributed by atoms with Gasteiger partial charge < -0.3 is 10.1 Å². The van der Waals surface area contributed by atoms with Crippen LogP contribution in [0, 0.1) is 12.3 Å². The molecule has 2 rings (SSSR count). The van der Waals surface area contributed by atoms with Crippen molar-refractivity contribution in [3.05, 3.63) is 65.9 Å². The third kappa shape index (κ3) is 3.02. The Balaban J connectivity index is 2.15. The first-order chi connectivity index (χ1) is 9.76. The lowest BCUT2D eigenvalue weighted by atomic mass is 10.1. The summed E-state index contributed by atoms with van der Waals surface area (Å²) in [4.78, 5) is 3.08. The first-order valence-corrected chi connectivity index (χ1v) is 6.49. The average molecular weight is 263 g/mol. The maximum atomic E-state index is 10.2. The number of H-pyrrole nitrogens is 1. The van der Waals surface area contributed by atoms with Gasteiger partial charge in [0.1, 0.15) is 5.75 Å². The zero-order valence-electron chi connectivity index (χ0n) is 11.4. The first kappa shape index (κ1) is 13.8. The fourth-order valence-electron chi connectivity index (χ4n) is 2.04. The summed E-state index contributed by atoms with van der Waals surface area (Å²) in [5.74, 6) is 2.81. The molecule has 0 fully saturated rings.